The highest BCUT2D eigenvalue weighted by atomic mass is 16.3. The van der Waals surface area contributed by atoms with Gasteiger partial charge in [-0.15, -0.1) is 0 Å². The van der Waals surface area contributed by atoms with Crippen LogP contribution in [0.4, 0.5) is 17.1 Å². The minimum Gasteiger partial charge on any atom is -0.455 e. The van der Waals surface area contributed by atoms with Gasteiger partial charge in [0.2, 0.25) is 0 Å². The molecule has 0 saturated carbocycles. The molecule has 0 atom stereocenters. The molecule has 0 N–H and O–H groups in total. The molecule has 0 aliphatic rings. The van der Waals surface area contributed by atoms with E-state index in [9.17, 15) is 0 Å². The Kier molecular flexibility index (Phi) is 8.19. The van der Waals surface area contributed by atoms with Gasteiger partial charge in [-0.3, -0.25) is 0 Å². The van der Waals surface area contributed by atoms with Crippen LogP contribution in [0.1, 0.15) is 0 Å². The summed E-state index contributed by atoms with van der Waals surface area (Å²) in [6, 6.07) is 80.7. The third-order valence-corrected chi connectivity index (χ3v) is 11.5. The summed E-state index contributed by atoms with van der Waals surface area (Å²) in [6.07, 6.45) is 0. The van der Waals surface area contributed by atoms with Gasteiger partial charge in [0.05, 0.1) is 5.69 Å². The van der Waals surface area contributed by atoms with Crippen molar-refractivity contribution in [1.29, 1.82) is 0 Å². The van der Waals surface area contributed by atoms with Crippen molar-refractivity contribution in [3.63, 3.8) is 0 Å². The van der Waals surface area contributed by atoms with Crippen molar-refractivity contribution in [2.45, 2.75) is 0 Å². The second-order valence-electron chi connectivity index (χ2n) is 14.9. The van der Waals surface area contributed by atoms with E-state index < -0.39 is 0 Å². The van der Waals surface area contributed by atoms with E-state index in [1.807, 2.05) is 12.1 Å². The minimum atomic E-state index is 0.903. The smallest absolute Gasteiger partial charge is 0.143 e. The van der Waals surface area contributed by atoms with E-state index in [-0.39, 0.29) is 0 Å². The summed E-state index contributed by atoms with van der Waals surface area (Å²) in [6.45, 7) is 0. The molecular formula is C56H37NO. The van der Waals surface area contributed by atoms with Crippen molar-refractivity contribution >= 4 is 60.5 Å². The molecule has 1 heterocycles. The van der Waals surface area contributed by atoms with Crippen LogP contribution in [0, 0.1) is 0 Å². The second kappa shape index (κ2) is 14.1. The van der Waals surface area contributed by atoms with Gasteiger partial charge in [0.25, 0.3) is 0 Å². The summed E-state index contributed by atoms with van der Waals surface area (Å²) in [4.78, 5) is 2.39. The molecule has 2 nitrogen and oxygen atoms in total. The molecule has 11 rings (SSSR count). The predicted octanol–water partition coefficient (Wildman–Crippen LogP) is 16.0. The fourth-order valence-electron chi connectivity index (χ4n) is 8.57. The topological polar surface area (TPSA) is 16.4 Å². The van der Waals surface area contributed by atoms with E-state index in [1.54, 1.807) is 0 Å². The third-order valence-electron chi connectivity index (χ3n) is 11.5. The number of para-hydroxylation sites is 2. The van der Waals surface area contributed by atoms with Crippen LogP contribution in [-0.2, 0) is 0 Å². The maximum absolute atomic E-state index is 6.45. The van der Waals surface area contributed by atoms with Gasteiger partial charge in [0, 0.05) is 33.3 Å². The number of nitrogens with zero attached hydrogens (tertiary/aromatic N) is 1. The number of hydrogen-bond acceptors (Lipinski definition) is 2. The number of anilines is 3. The summed E-state index contributed by atoms with van der Waals surface area (Å²) >= 11 is 0. The fourth-order valence-corrected chi connectivity index (χ4v) is 8.57. The van der Waals surface area contributed by atoms with E-state index in [0.717, 1.165) is 61.3 Å². The molecule has 0 fully saturated rings. The number of furan rings is 1. The van der Waals surface area contributed by atoms with E-state index in [0.29, 0.717) is 0 Å². The van der Waals surface area contributed by atoms with E-state index in [4.69, 9.17) is 4.42 Å². The fraction of sp³-hybridized carbons (Fsp3) is 0. The maximum atomic E-state index is 6.45. The van der Waals surface area contributed by atoms with Crippen molar-refractivity contribution in [3.8, 4) is 44.5 Å². The van der Waals surface area contributed by atoms with Crippen LogP contribution in [0.5, 0.6) is 0 Å². The van der Waals surface area contributed by atoms with Crippen LogP contribution in [0.15, 0.2) is 229 Å². The first-order valence-corrected chi connectivity index (χ1v) is 19.8. The Morgan fingerprint density at radius 1 is 0.293 bits per heavy atom. The Hall–Kier alpha value is -7.68. The molecule has 0 unspecified atom stereocenters. The summed E-state index contributed by atoms with van der Waals surface area (Å²) in [7, 11) is 0. The van der Waals surface area contributed by atoms with Crippen LogP contribution in [0.25, 0.3) is 88.0 Å². The molecule has 0 spiro atoms. The molecule has 0 bridgehead atoms. The monoisotopic (exact) mass is 739 g/mol. The number of rotatable bonds is 7. The molecular weight excluding hydrogens is 703 g/mol. The SMILES string of the molecule is c1ccc(-c2ccc(N(c3ccc(-c4cccc5c4oc4ccccc45)cc3)c3ccc(-c4ccc5ccc6ccccc6c5c4)cc3-c3ccccc3)cc2)cc1. The summed E-state index contributed by atoms with van der Waals surface area (Å²) in [5.41, 5.74) is 14.3. The molecule has 0 aliphatic carbocycles. The molecule has 10 aromatic carbocycles. The predicted molar refractivity (Wildman–Crippen MR) is 245 cm³/mol. The van der Waals surface area contributed by atoms with Gasteiger partial charge in [-0.2, -0.15) is 0 Å². The molecule has 272 valence electrons. The standard InChI is InChI=1S/C56H37NO/c1-3-12-38(13-4-1)39-26-31-46(32-27-39)57(47-33-28-42(29-34-47)49-19-11-20-51-50-18-9-10-21-55(50)58-56(49)51)54-35-30-45(37-53(54)40-14-5-2-6-15-40)44-25-24-43-23-22-41-16-7-8-17-48(41)52(43)36-44/h1-37H. The second-order valence-corrected chi connectivity index (χ2v) is 14.9. The van der Waals surface area contributed by atoms with E-state index in [1.165, 1.54) is 43.8 Å². The van der Waals surface area contributed by atoms with E-state index >= 15 is 0 Å². The molecule has 11 aromatic rings. The zero-order valence-corrected chi connectivity index (χ0v) is 31.7. The molecule has 0 saturated heterocycles. The highest BCUT2D eigenvalue weighted by Crippen LogP contribution is 2.44. The average Bonchev–Trinajstić information content (AvgIpc) is 3.69. The van der Waals surface area contributed by atoms with E-state index in [2.05, 4.69) is 217 Å². The van der Waals surface area contributed by atoms with Gasteiger partial charge < -0.3 is 9.32 Å². The normalized spacial score (nSPS) is 11.4. The Balaban J connectivity index is 1.07. The van der Waals surface area contributed by atoms with Crippen LogP contribution >= 0.6 is 0 Å². The van der Waals surface area contributed by atoms with Crippen molar-refractivity contribution in [1.82, 2.24) is 0 Å². The van der Waals surface area contributed by atoms with Crippen LogP contribution in [-0.4, -0.2) is 0 Å². The molecule has 0 radical (unpaired) electrons. The quantitative estimate of drug-likeness (QED) is 0.151. The van der Waals surface area contributed by atoms with Gasteiger partial charge in [0.1, 0.15) is 11.2 Å². The summed E-state index contributed by atoms with van der Waals surface area (Å²) < 4.78 is 6.45. The number of hydrogen-bond donors (Lipinski definition) is 0. The third kappa shape index (κ3) is 5.91. The Labute approximate surface area is 337 Å². The lowest BCUT2D eigenvalue weighted by atomic mass is 9.93. The Morgan fingerprint density at radius 3 is 1.57 bits per heavy atom. The van der Waals surface area contributed by atoms with Crippen LogP contribution in [0.2, 0.25) is 0 Å². The van der Waals surface area contributed by atoms with Gasteiger partial charge in [-0.05, 0) is 103 Å². The van der Waals surface area contributed by atoms with Gasteiger partial charge in [-0.1, -0.05) is 176 Å². The first-order valence-electron chi connectivity index (χ1n) is 19.8. The van der Waals surface area contributed by atoms with Gasteiger partial charge in [0.15, 0.2) is 0 Å². The van der Waals surface area contributed by atoms with Crippen molar-refractivity contribution in [3.05, 3.63) is 224 Å². The summed E-state index contributed by atoms with van der Waals surface area (Å²) in [5.74, 6) is 0. The van der Waals surface area contributed by atoms with Crippen molar-refractivity contribution in [2.75, 3.05) is 4.90 Å². The zero-order chi connectivity index (χ0) is 38.4. The zero-order valence-electron chi connectivity index (χ0n) is 31.7. The largest absolute Gasteiger partial charge is 0.455 e. The molecule has 0 amide bonds. The molecule has 0 aliphatic heterocycles. The lowest BCUT2D eigenvalue weighted by Gasteiger charge is -2.29. The molecule has 58 heavy (non-hydrogen) atoms. The average molecular weight is 740 g/mol. The number of benzene rings is 10. The minimum absolute atomic E-state index is 0.903. The highest BCUT2D eigenvalue weighted by Gasteiger charge is 2.20. The van der Waals surface area contributed by atoms with Crippen LogP contribution in [0.3, 0.4) is 0 Å². The van der Waals surface area contributed by atoms with Gasteiger partial charge >= 0.3 is 0 Å². The first kappa shape index (κ1) is 33.6. The van der Waals surface area contributed by atoms with Crippen molar-refractivity contribution in [2.24, 2.45) is 0 Å². The number of fused-ring (bicyclic) bond motifs is 6. The Bertz CT molecular complexity index is 3250. The highest BCUT2D eigenvalue weighted by molar-refractivity contribution is 6.10. The lowest BCUT2D eigenvalue weighted by Crippen LogP contribution is -2.11. The molecule has 2 heteroatoms. The molecule has 1 aromatic heterocycles. The maximum Gasteiger partial charge on any atom is 0.143 e. The van der Waals surface area contributed by atoms with Gasteiger partial charge in [-0.25, -0.2) is 0 Å². The Morgan fingerprint density at radius 2 is 0.810 bits per heavy atom. The first-order chi connectivity index (χ1) is 28.7. The van der Waals surface area contributed by atoms with Crippen molar-refractivity contribution < 1.29 is 4.42 Å². The van der Waals surface area contributed by atoms with Crippen LogP contribution < -0.4 is 4.90 Å². The lowest BCUT2D eigenvalue weighted by molar-refractivity contribution is 0.670. The summed E-state index contributed by atoms with van der Waals surface area (Å²) in [5, 5.41) is 7.29.